The number of nitrogens with zero attached hydrogens (tertiary/aromatic N) is 3. The minimum atomic E-state index is -0.489. The van der Waals surface area contributed by atoms with E-state index in [0.717, 1.165) is 4.88 Å². The molecule has 1 aromatic carbocycles. The number of aromatic nitrogens is 2. The average molecular weight is 381 g/mol. The van der Waals surface area contributed by atoms with Gasteiger partial charge in [-0.05, 0) is 30.7 Å². The van der Waals surface area contributed by atoms with Crippen LogP contribution in [0.25, 0.3) is 10.7 Å². The second-order valence-electron chi connectivity index (χ2n) is 5.34. The Kier molecular flexibility index (Phi) is 5.66. The van der Waals surface area contributed by atoms with E-state index in [4.69, 9.17) is 10.00 Å². The number of ether oxygens (including phenoxy) is 1. The molecule has 0 unspecified atom stereocenters. The van der Waals surface area contributed by atoms with Crippen molar-refractivity contribution in [2.75, 3.05) is 6.26 Å². The van der Waals surface area contributed by atoms with Crippen molar-refractivity contribution in [2.24, 2.45) is 0 Å². The molecule has 3 aromatic rings. The number of rotatable bonds is 5. The smallest absolute Gasteiger partial charge is 0.343 e. The monoisotopic (exact) mass is 381 g/mol. The number of thiophene rings is 1. The normalized spacial score (nSPS) is 10.3. The Bertz CT molecular complexity index is 979. The van der Waals surface area contributed by atoms with Gasteiger partial charge < -0.3 is 4.74 Å². The zero-order chi connectivity index (χ0) is 18.5. The zero-order valence-electron chi connectivity index (χ0n) is 14.2. The summed E-state index contributed by atoms with van der Waals surface area (Å²) in [4.78, 5) is 22.6. The van der Waals surface area contributed by atoms with E-state index in [9.17, 15) is 4.79 Å². The first-order valence-electron chi connectivity index (χ1n) is 7.75. The molecule has 2 heterocycles. The van der Waals surface area contributed by atoms with E-state index < -0.39 is 5.97 Å². The summed E-state index contributed by atoms with van der Waals surface area (Å²) < 4.78 is 5.43. The fraction of sp³-hybridized carbons (Fsp3) is 0.158. The van der Waals surface area contributed by atoms with E-state index in [-0.39, 0.29) is 6.61 Å². The fourth-order valence-corrected chi connectivity index (χ4v) is 3.69. The Morgan fingerprint density at radius 1 is 1.27 bits per heavy atom. The molecule has 0 N–H and O–H groups in total. The maximum absolute atomic E-state index is 12.6. The highest BCUT2D eigenvalue weighted by molar-refractivity contribution is 7.98. The van der Waals surface area contributed by atoms with Crippen molar-refractivity contribution in [3.05, 3.63) is 64.2 Å². The summed E-state index contributed by atoms with van der Waals surface area (Å²) in [7, 11) is 0. The first-order valence-corrected chi connectivity index (χ1v) is 9.86. The van der Waals surface area contributed by atoms with Gasteiger partial charge in [0.25, 0.3) is 0 Å². The number of esters is 1. The molecule has 0 atom stereocenters. The molecule has 3 rings (SSSR count). The molecule has 0 aliphatic carbocycles. The van der Waals surface area contributed by atoms with Crippen molar-refractivity contribution >= 4 is 29.1 Å². The molecule has 0 saturated carbocycles. The van der Waals surface area contributed by atoms with Crippen LogP contribution in [0.4, 0.5) is 0 Å². The van der Waals surface area contributed by atoms with Gasteiger partial charge in [0.1, 0.15) is 17.2 Å². The standard InChI is InChI=1S/C19H15N3O2S2/c1-12-16(18(25-2)22-17(21-12)15-8-5-9-26-15)19(23)24-11-14-7-4-3-6-13(14)10-20/h3-9H,11H2,1-2H3. The third-order valence-corrected chi connectivity index (χ3v) is 5.24. The van der Waals surface area contributed by atoms with Crippen LogP contribution in [0.1, 0.15) is 27.2 Å². The summed E-state index contributed by atoms with van der Waals surface area (Å²) in [6.07, 6.45) is 1.86. The number of carbonyl (C=O) groups is 1. The van der Waals surface area contributed by atoms with Crippen LogP contribution in [0.15, 0.2) is 46.8 Å². The van der Waals surface area contributed by atoms with Gasteiger partial charge in [0, 0.05) is 5.56 Å². The zero-order valence-corrected chi connectivity index (χ0v) is 15.9. The van der Waals surface area contributed by atoms with Crippen molar-refractivity contribution in [1.29, 1.82) is 5.26 Å². The van der Waals surface area contributed by atoms with E-state index in [1.807, 2.05) is 29.8 Å². The third kappa shape index (κ3) is 3.77. The van der Waals surface area contributed by atoms with Crippen molar-refractivity contribution < 1.29 is 9.53 Å². The minimum Gasteiger partial charge on any atom is -0.457 e. The van der Waals surface area contributed by atoms with Gasteiger partial charge in [0.15, 0.2) is 5.82 Å². The van der Waals surface area contributed by atoms with Gasteiger partial charge in [-0.1, -0.05) is 24.3 Å². The first kappa shape index (κ1) is 18.1. The molecule has 0 aliphatic heterocycles. The number of hydrogen-bond donors (Lipinski definition) is 0. The molecule has 7 heteroatoms. The molecule has 130 valence electrons. The maximum atomic E-state index is 12.6. The fourth-order valence-electron chi connectivity index (χ4n) is 2.42. The summed E-state index contributed by atoms with van der Waals surface area (Å²) in [5.74, 6) is 0.116. The van der Waals surface area contributed by atoms with Crippen molar-refractivity contribution in [3.8, 4) is 16.8 Å². The van der Waals surface area contributed by atoms with Crippen LogP contribution < -0.4 is 0 Å². The van der Waals surface area contributed by atoms with Crippen LogP contribution in [-0.4, -0.2) is 22.2 Å². The Labute approximate surface area is 159 Å². The Morgan fingerprint density at radius 2 is 2.08 bits per heavy atom. The van der Waals surface area contributed by atoms with Gasteiger partial charge in [-0.25, -0.2) is 14.8 Å². The van der Waals surface area contributed by atoms with E-state index in [1.165, 1.54) is 11.8 Å². The molecule has 5 nitrogen and oxygen atoms in total. The summed E-state index contributed by atoms with van der Waals surface area (Å²) in [5.41, 5.74) is 2.10. The average Bonchev–Trinajstić information content (AvgIpc) is 3.20. The number of carbonyl (C=O) groups excluding carboxylic acids is 1. The van der Waals surface area contributed by atoms with Gasteiger partial charge in [0.2, 0.25) is 0 Å². The molecule has 0 amide bonds. The molecular weight excluding hydrogens is 366 g/mol. The molecule has 0 aliphatic rings. The second kappa shape index (κ2) is 8.13. The Balaban J connectivity index is 1.86. The molecule has 0 radical (unpaired) electrons. The first-order chi connectivity index (χ1) is 12.6. The maximum Gasteiger partial charge on any atom is 0.343 e. The predicted octanol–water partition coefficient (Wildman–Crippen LogP) is 4.46. The van der Waals surface area contributed by atoms with Crippen LogP contribution >= 0.6 is 23.1 Å². The number of thioether (sulfide) groups is 1. The largest absolute Gasteiger partial charge is 0.457 e. The SMILES string of the molecule is CSc1nc(-c2cccs2)nc(C)c1C(=O)OCc1ccccc1C#N. The third-order valence-electron chi connectivity index (χ3n) is 3.69. The lowest BCUT2D eigenvalue weighted by Crippen LogP contribution is -2.12. The van der Waals surface area contributed by atoms with Crippen LogP contribution in [0.5, 0.6) is 0 Å². The molecule has 26 heavy (non-hydrogen) atoms. The molecule has 2 aromatic heterocycles. The summed E-state index contributed by atoms with van der Waals surface area (Å²) in [5, 5.41) is 11.7. The number of hydrogen-bond acceptors (Lipinski definition) is 7. The van der Waals surface area contributed by atoms with Crippen LogP contribution in [0.2, 0.25) is 0 Å². The topological polar surface area (TPSA) is 75.9 Å². The van der Waals surface area contributed by atoms with Gasteiger partial charge in [-0.15, -0.1) is 23.1 Å². The Hall–Kier alpha value is -2.69. The van der Waals surface area contributed by atoms with E-state index in [1.54, 1.807) is 36.5 Å². The Morgan fingerprint density at radius 3 is 2.77 bits per heavy atom. The van der Waals surface area contributed by atoms with E-state index in [0.29, 0.717) is 33.2 Å². The van der Waals surface area contributed by atoms with E-state index >= 15 is 0 Å². The number of aryl methyl sites for hydroxylation is 1. The summed E-state index contributed by atoms with van der Waals surface area (Å²) >= 11 is 2.93. The highest BCUT2D eigenvalue weighted by Gasteiger charge is 2.21. The van der Waals surface area contributed by atoms with Crippen LogP contribution in [0.3, 0.4) is 0 Å². The summed E-state index contributed by atoms with van der Waals surface area (Å²) in [6, 6.07) is 13.0. The van der Waals surface area contributed by atoms with Crippen molar-refractivity contribution in [3.63, 3.8) is 0 Å². The molecule has 0 saturated heterocycles. The molecule has 0 bridgehead atoms. The molecule has 0 spiro atoms. The van der Waals surface area contributed by atoms with Gasteiger partial charge in [-0.2, -0.15) is 5.26 Å². The van der Waals surface area contributed by atoms with Gasteiger partial charge in [-0.3, -0.25) is 0 Å². The lowest BCUT2D eigenvalue weighted by Gasteiger charge is -2.11. The van der Waals surface area contributed by atoms with Crippen LogP contribution in [-0.2, 0) is 11.3 Å². The van der Waals surface area contributed by atoms with Crippen molar-refractivity contribution in [1.82, 2.24) is 9.97 Å². The number of nitriles is 1. The quantitative estimate of drug-likeness (QED) is 0.369. The second-order valence-corrected chi connectivity index (χ2v) is 7.08. The van der Waals surface area contributed by atoms with Crippen molar-refractivity contribution in [2.45, 2.75) is 18.6 Å². The minimum absolute atomic E-state index is 0.0303. The van der Waals surface area contributed by atoms with Crippen LogP contribution in [0, 0.1) is 18.3 Å². The lowest BCUT2D eigenvalue weighted by atomic mass is 10.1. The highest BCUT2D eigenvalue weighted by atomic mass is 32.2. The summed E-state index contributed by atoms with van der Waals surface area (Å²) in [6.45, 7) is 1.81. The molecular formula is C19H15N3O2S2. The lowest BCUT2D eigenvalue weighted by molar-refractivity contribution is 0.0466. The number of benzene rings is 1. The van der Waals surface area contributed by atoms with Gasteiger partial charge >= 0.3 is 5.97 Å². The van der Waals surface area contributed by atoms with E-state index in [2.05, 4.69) is 16.0 Å². The molecule has 0 fully saturated rings. The highest BCUT2D eigenvalue weighted by Crippen LogP contribution is 2.28. The predicted molar refractivity (Wildman–Crippen MR) is 102 cm³/mol. The van der Waals surface area contributed by atoms with Gasteiger partial charge in [0.05, 0.1) is 22.2 Å².